The fraction of sp³-hybridized carbons (Fsp3) is 0.357. The van der Waals surface area contributed by atoms with Crippen molar-refractivity contribution < 1.29 is 14.4 Å². The first-order chi connectivity index (χ1) is 10.6. The van der Waals surface area contributed by atoms with E-state index in [2.05, 4.69) is 15.3 Å². The summed E-state index contributed by atoms with van der Waals surface area (Å²) < 4.78 is 0. The van der Waals surface area contributed by atoms with E-state index >= 15 is 0 Å². The topological polar surface area (TPSA) is 115 Å². The number of rotatable bonds is 3. The van der Waals surface area contributed by atoms with E-state index in [-0.39, 0.29) is 24.8 Å². The van der Waals surface area contributed by atoms with Crippen LogP contribution < -0.4 is 5.32 Å². The molecule has 1 aromatic rings. The van der Waals surface area contributed by atoms with Crippen molar-refractivity contribution in [3.63, 3.8) is 0 Å². The highest BCUT2D eigenvalue weighted by atomic mass is 16.2. The van der Waals surface area contributed by atoms with Gasteiger partial charge in [-0.05, 0) is 29.1 Å². The summed E-state index contributed by atoms with van der Waals surface area (Å²) >= 11 is 0. The number of hydrogen-bond acceptors (Lipinski definition) is 4. The summed E-state index contributed by atoms with van der Waals surface area (Å²) in [7, 11) is 0. The average Bonchev–Trinajstić information content (AvgIpc) is 2.82. The van der Waals surface area contributed by atoms with Gasteiger partial charge in [-0.2, -0.15) is 0 Å². The lowest BCUT2D eigenvalue weighted by atomic mass is 10.0. The Kier molecular flexibility index (Phi) is 3.52. The van der Waals surface area contributed by atoms with Crippen LogP contribution in [0.15, 0.2) is 23.3 Å². The van der Waals surface area contributed by atoms with E-state index in [1.807, 2.05) is 6.07 Å². The van der Waals surface area contributed by atoms with Crippen LogP contribution in [0, 0.1) is 0 Å². The third-order valence-electron chi connectivity index (χ3n) is 3.90. The predicted molar refractivity (Wildman–Crippen MR) is 75.3 cm³/mol. The van der Waals surface area contributed by atoms with Gasteiger partial charge in [0.1, 0.15) is 6.04 Å². The molecule has 0 saturated carbocycles. The van der Waals surface area contributed by atoms with Crippen molar-refractivity contribution in [2.75, 3.05) is 0 Å². The highest BCUT2D eigenvalue weighted by molar-refractivity contribution is 6.05. The Bertz CT molecular complexity index is 723. The second kappa shape index (κ2) is 5.50. The van der Waals surface area contributed by atoms with Gasteiger partial charge in [0.2, 0.25) is 11.8 Å². The Morgan fingerprint density at radius 1 is 1.36 bits per heavy atom. The van der Waals surface area contributed by atoms with E-state index in [9.17, 15) is 14.4 Å². The molecule has 0 aromatic heterocycles. The number of carbonyl (C=O) groups is 3. The molecule has 2 heterocycles. The monoisotopic (exact) mass is 299 g/mol. The SMILES string of the molecule is [N-]=[N+]=NCc1ccc2c(c1)CN(C1CCC(=O)NC1=O)C2=O. The third-order valence-corrected chi connectivity index (χ3v) is 3.90. The number of nitrogens with one attached hydrogen (secondary N) is 1. The summed E-state index contributed by atoms with van der Waals surface area (Å²) in [4.78, 5) is 39.7. The Morgan fingerprint density at radius 2 is 2.18 bits per heavy atom. The molecule has 2 aliphatic heterocycles. The lowest BCUT2D eigenvalue weighted by Gasteiger charge is -2.29. The lowest BCUT2D eigenvalue weighted by molar-refractivity contribution is -0.136. The van der Waals surface area contributed by atoms with Gasteiger partial charge in [-0.15, -0.1) is 0 Å². The molecule has 1 fully saturated rings. The van der Waals surface area contributed by atoms with Gasteiger partial charge in [0.05, 0.1) is 6.54 Å². The molecular weight excluding hydrogens is 286 g/mol. The van der Waals surface area contributed by atoms with Crippen molar-refractivity contribution in [3.8, 4) is 0 Å². The minimum absolute atomic E-state index is 0.208. The summed E-state index contributed by atoms with van der Waals surface area (Å²) in [6.07, 6.45) is 0.578. The third kappa shape index (κ3) is 2.40. The summed E-state index contributed by atoms with van der Waals surface area (Å²) in [6.45, 7) is 0.543. The smallest absolute Gasteiger partial charge is 0.255 e. The largest absolute Gasteiger partial charge is 0.322 e. The Balaban J connectivity index is 1.83. The number of hydrogen-bond donors (Lipinski definition) is 1. The molecule has 2 aliphatic rings. The second-order valence-electron chi connectivity index (χ2n) is 5.28. The van der Waals surface area contributed by atoms with Crippen LogP contribution in [0.1, 0.15) is 34.3 Å². The Labute approximate surface area is 125 Å². The zero-order valence-corrected chi connectivity index (χ0v) is 11.7. The molecule has 3 amide bonds. The Hall–Kier alpha value is -2.86. The normalized spacial score (nSPS) is 20.5. The van der Waals surface area contributed by atoms with Gasteiger partial charge in [-0.1, -0.05) is 17.2 Å². The summed E-state index contributed by atoms with van der Waals surface area (Å²) in [5.74, 6) is -0.936. The van der Waals surface area contributed by atoms with Gasteiger partial charge < -0.3 is 4.90 Å². The molecule has 22 heavy (non-hydrogen) atoms. The molecule has 8 heteroatoms. The summed E-state index contributed by atoms with van der Waals surface area (Å²) in [6, 6.07) is 4.62. The lowest BCUT2D eigenvalue weighted by Crippen LogP contribution is -2.52. The van der Waals surface area contributed by atoms with E-state index in [1.165, 1.54) is 4.90 Å². The van der Waals surface area contributed by atoms with Crippen molar-refractivity contribution in [2.45, 2.75) is 32.0 Å². The van der Waals surface area contributed by atoms with Crippen LogP contribution in [0.25, 0.3) is 10.4 Å². The molecule has 112 valence electrons. The maximum Gasteiger partial charge on any atom is 0.255 e. The first-order valence-corrected chi connectivity index (χ1v) is 6.87. The standard InChI is InChI=1S/C14H13N5O3/c15-18-16-6-8-1-2-10-9(5-8)7-19(14(10)22)11-3-4-12(20)17-13(11)21/h1-2,5,11H,3-4,6-7H2,(H,17,20,21). The summed E-state index contributed by atoms with van der Waals surface area (Å²) in [5.41, 5.74) is 10.5. The molecule has 0 bridgehead atoms. The van der Waals surface area contributed by atoms with Gasteiger partial charge in [-0.3, -0.25) is 19.7 Å². The van der Waals surface area contributed by atoms with E-state index in [0.717, 1.165) is 11.1 Å². The van der Waals surface area contributed by atoms with E-state index in [1.54, 1.807) is 12.1 Å². The van der Waals surface area contributed by atoms with Gasteiger partial charge in [0, 0.05) is 23.4 Å². The first kappa shape index (κ1) is 14.1. The Morgan fingerprint density at radius 3 is 2.91 bits per heavy atom. The van der Waals surface area contributed by atoms with Gasteiger partial charge in [0.25, 0.3) is 5.91 Å². The van der Waals surface area contributed by atoms with Crippen molar-refractivity contribution in [3.05, 3.63) is 45.3 Å². The maximum atomic E-state index is 12.4. The van der Waals surface area contributed by atoms with Crippen LogP contribution in [0.3, 0.4) is 0 Å². The maximum absolute atomic E-state index is 12.4. The van der Waals surface area contributed by atoms with Crippen molar-refractivity contribution in [1.29, 1.82) is 0 Å². The molecule has 8 nitrogen and oxygen atoms in total. The van der Waals surface area contributed by atoms with E-state index in [4.69, 9.17) is 5.53 Å². The number of azide groups is 1. The molecule has 0 aliphatic carbocycles. The number of imide groups is 1. The first-order valence-electron chi connectivity index (χ1n) is 6.87. The van der Waals surface area contributed by atoms with Crippen molar-refractivity contribution >= 4 is 17.7 Å². The van der Waals surface area contributed by atoms with Crippen LogP contribution in [-0.4, -0.2) is 28.7 Å². The zero-order chi connectivity index (χ0) is 15.7. The molecule has 1 saturated heterocycles. The van der Waals surface area contributed by atoms with Crippen LogP contribution in [-0.2, 0) is 22.7 Å². The fourth-order valence-electron chi connectivity index (χ4n) is 2.84. The highest BCUT2D eigenvalue weighted by Gasteiger charge is 2.38. The predicted octanol–water partition coefficient (Wildman–Crippen LogP) is 1.26. The second-order valence-corrected chi connectivity index (χ2v) is 5.28. The molecule has 1 unspecified atom stereocenters. The summed E-state index contributed by atoms with van der Waals surface area (Å²) in [5, 5.41) is 5.76. The molecular formula is C14H13N5O3. The highest BCUT2D eigenvalue weighted by Crippen LogP contribution is 2.28. The minimum atomic E-state index is -0.613. The molecule has 1 atom stereocenters. The van der Waals surface area contributed by atoms with Crippen LogP contribution in [0.2, 0.25) is 0 Å². The quantitative estimate of drug-likeness (QED) is 0.392. The van der Waals surface area contributed by atoms with Crippen LogP contribution in [0.4, 0.5) is 0 Å². The van der Waals surface area contributed by atoms with Gasteiger partial charge in [-0.25, -0.2) is 0 Å². The number of nitrogens with zero attached hydrogens (tertiary/aromatic N) is 4. The molecule has 0 radical (unpaired) electrons. The molecule has 0 spiro atoms. The number of carbonyl (C=O) groups excluding carboxylic acids is 3. The number of fused-ring (bicyclic) bond motifs is 1. The average molecular weight is 299 g/mol. The molecule has 3 rings (SSSR count). The van der Waals surface area contributed by atoms with Gasteiger partial charge >= 0.3 is 0 Å². The van der Waals surface area contributed by atoms with Gasteiger partial charge in [0.15, 0.2) is 0 Å². The van der Waals surface area contributed by atoms with E-state index in [0.29, 0.717) is 18.5 Å². The van der Waals surface area contributed by atoms with Crippen LogP contribution in [0.5, 0.6) is 0 Å². The van der Waals surface area contributed by atoms with Crippen molar-refractivity contribution in [2.24, 2.45) is 5.11 Å². The molecule has 1 aromatic carbocycles. The zero-order valence-electron chi connectivity index (χ0n) is 11.7. The number of piperidine rings is 1. The van der Waals surface area contributed by atoms with Crippen LogP contribution >= 0.6 is 0 Å². The minimum Gasteiger partial charge on any atom is -0.322 e. The van der Waals surface area contributed by atoms with E-state index < -0.39 is 11.9 Å². The number of benzene rings is 1. The fourth-order valence-corrected chi connectivity index (χ4v) is 2.84. The molecule has 1 N–H and O–H groups in total. The number of amides is 3. The van der Waals surface area contributed by atoms with Crippen molar-refractivity contribution in [1.82, 2.24) is 10.2 Å².